The molecule has 2 aliphatic heterocycles. The Morgan fingerprint density at radius 3 is 2.66 bits per heavy atom. The fourth-order valence-corrected chi connectivity index (χ4v) is 3.77. The van der Waals surface area contributed by atoms with E-state index in [0.29, 0.717) is 36.8 Å². The van der Waals surface area contributed by atoms with E-state index >= 15 is 0 Å². The zero-order valence-electron chi connectivity index (χ0n) is 16.2. The lowest BCUT2D eigenvalue weighted by Gasteiger charge is -2.33. The average molecular weight is 401 g/mol. The van der Waals surface area contributed by atoms with Gasteiger partial charge >= 0.3 is 6.09 Å². The summed E-state index contributed by atoms with van der Waals surface area (Å²) >= 11 is 0. The Morgan fingerprint density at radius 2 is 1.97 bits per heavy atom. The smallest absolute Gasteiger partial charge is 0.404 e. The standard InChI is InChI=1S/C18H23N7O4/c1-22-6-8-23(9-7-22)18-20-15-10-12(25(27)28)2-3-14(15)16(21-18)24-5-4-13(11-24)29-17(19)26/h2-3,10,13H,4-9,11H2,1H3,(H2,19,26). The Hall–Kier alpha value is -3.21. The minimum atomic E-state index is -0.793. The zero-order chi connectivity index (χ0) is 20.5. The molecule has 1 aromatic carbocycles. The number of fused-ring (bicyclic) bond motifs is 1. The van der Waals surface area contributed by atoms with Crippen molar-refractivity contribution in [2.24, 2.45) is 5.73 Å². The molecule has 11 nitrogen and oxygen atoms in total. The minimum Gasteiger partial charge on any atom is -0.444 e. The van der Waals surface area contributed by atoms with Crippen molar-refractivity contribution in [3.8, 4) is 0 Å². The number of likely N-dealkylation sites (N-methyl/N-ethyl adjacent to an activating group) is 1. The van der Waals surface area contributed by atoms with Crippen LogP contribution in [0.1, 0.15) is 6.42 Å². The number of aromatic nitrogens is 2. The molecule has 0 saturated carbocycles. The summed E-state index contributed by atoms with van der Waals surface area (Å²) in [5.41, 5.74) is 5.66. The summed E-state index contributed by atoms with van der Waals surface area (Å²) in [6.07, 6.45) is -0.452. The van der Waals surface area contributed by atoms with Gasteiger partial charge in [-0.15, -0.1) is 0 Å². The van der Waals surface area contributed by atoms with Crippen LogP contribution in [-0.2, 0) is 4.74 Å². The number of hydrogen-bond donors (Lipinski definition) is 1. The number of piperazine rings is 1. The van der Waals surface area contributed by atoms with Crippen LogP contribution >= 0.6 is 0 Å². The topological polar surface area (TPSA) is 131 Å². The van der Waals surface area contributed by atoms with Crippen LogP contribution in [0.25, 0.3) is 10.9 Å². The number of primary amides is 1. The van der Waals surface area contributed by atoms with Crippen molar-refractivity contribution in [2.45, 2.75) is 12.5 Å². The summed E-state index contributed by atoms with van der Waals surface area (Å²) in [4.78, 5) is 37.7. The summed E-state index contributed by atoms with van der Waals surface area (Å²) in [6.45, 7) is 4.46. The second kappa shape index (κ2) is 7.66. The molecule has 2 aliphatic rings. The first-order valence-electron chi connectivity index (χ1n) is 9.51. The number of nitrogens with zero attached hydrogens (tertiary/aromatic N) is 6. The zero-order valence-corrected chi connectivity index (χ0v) is 16.2. The van der Waals surface area contributed by atoms with E-state index in [2.05, 4.69) is 21.8 Å². The Bertz CT molecular complexity index is 945. The normalized spacial score (nSPS) is 20.2. The van der Waals surface area contributed by atoms with Gasteiger partial charge in [0.05, 0.1) is 17.0 Å². The molecule has 2 saturated heterocycles. The van der Waals surface area contributed by atoms with Gasteiger partial charge in [0.25, 0.3) is 5.69 Å². The average Bonchev–Trinajstić information content (AvgIpc) is 3.14. The first-order valence-corrected chi connectivity index (χ1v) is 9.51. The number of ether oxygens (including phenoxy) is 1. The SMILES string of the molecule is CN1CCN(c2nc(N3CCC(OC(N)=O)C3)c3ccc([N+](=O)[O-])cc3n2)CC1. The molecule has 1 atom stereocenters. The predicted molar refractivity (Wildman–Crippen MR) is 107 cm³/mol. The number of nitrogens with two attached hydrogens (primary N) is 1. The molecule has 0 aliphatic carbocycles. The maximum absolute atomic E-state index is 11.2. The number of rotatable bonds is 4. The number of carbonyl (C=O) groups is 1. The summed E-state index contributed by atoms with van der Waals surface area (Å²) in [6, 6.07) is 4.62. The molecule has 2 fully saturated rings. The highest BCUT2D eigenvalue weighted by atomic mass is 16.6. The van der Waals surface area contributed by atoms with Crippen molar-refractivity contribution in [2.75, 3.05) is 56.1 Å². The molecular weight excluding hydrogens is 378 g/mol. The highest BCUT2D eigenvalue weighted by Gasteiger charge is 2.29. The van der Waals surface area contributed by atoms with Crippen LogP contribution in [0, 0.1) is 10.1 Å². The number of hydrogen-bond acceptors (Lipinski definition) is 9. The van der Waals surface area contributed by atoms with Crippen LogP contribution in [0.5, 0.6) is 0 Å². The van der Waals surface area contributed by atoms with Crippen molar-refractivity contribution < 1.29 is 14.5 Å². The van der Waals surface area contributed by atoms with Crippen LogP contribution in [0.2, 0.25) is 0 Å². The lowest BCUT2D eigenvalue weighted by molar-refractivity contribution is -0.384. The van der Waals surface area contributed by atoms with Crippen LogP contribution in [-0.4, -0.2) is 78.3 Å². The quantitative estimate of drug-likeness (QED) is 0.588. The van der Waals surface area contributed by atoms with Gasteiger partial charge in [0, 0.05) is 56.7 Å². The Balaban J connectivity index is 1.73. The summed E-state index contributed by atoms with van der Waals surface area (Å²) in [7, 11) is 2.07. The molecule has 29 heavy (non-hydrogen) atoms. The van der Waals surface area contributed by atoms with Crippen molar-refractivity contribution in [3.05, 3.63) is 28.3 Å². The molecule has 2 aromatic rings. The number of anilines is 2. The van der Waals surface area contributed by atoms with Gasteiger partial charge in [0.15, 0.2) is 0 Å². The third-order valence-corrected chi connectivity index (χ3v) is 5.37. The van der Waals surface area contributed by atoms with Gasteiger partial charge in [0.2, 0.25) is 5.95 Å². The lowest BCUT2D eigenvalue weighted by Crippen LogP contribution is -2.45. The van der Waals surface area contributed by atoms with E-state index in [1.807, 2.05) is 4.90 Å². The van der Waals surface area contributed by atoms with E-state index in [1.165, 1.54) is 12.1 Å². The van der Waals surface area contributed by atoms with Gasteiger partial charge in [-0.1, -0.05) is 0 Å². The first-order chi connectivity index (χ1) is 13.9. The van der Waals surface area contributed by atoms with Crippen LogP contribution in [0.15, 0.2) is 18.2 Å². The molecule has 1 aromatic heterocycles. The second-order valence-corrected chi connectivity index (χ2v) is 7.39. The van der Waals surface area contributed by atoms with E-state index in [1.54, 1.807) is 6.07 Å². The molecule has 11 heteroatoms. The molecule has 1 unspecified atom stereocenters. The molecule has 0 spiro atoms. The van der Waals surface area contributed by atoms with E-state index in [9.17, 15) is 14.9 Å². The van der Waals surface area contributed by atoms with Gasteiger partial charge in [-0.05, 0) is 13.1 Å². The molecule has 3 heterocycles. The molecule has 1 amide bonds. The number of amides is 1. The Kier molecular flexibility index (Phi) is 5.05. The molecule has 2 N–H and O–H groups in total. The van der Waals surface area contributed by atoms with E-state index in [0.717, 1.165) is 31.6 Å². The monoisotopic (exact) mass is 401 g/mol. The van der Waals surface area contributed by atoms with Crippen molar-refractivity contribution in [3.63, 3.8) is 0 Å². The number of non-ortho nitro benzene ring substituents is 1. The van der Waals surface area contributed by atoms with E-state index < -0.39 is 11.0 Å². The first kappa shape index (κ1) is 19.1. The summed E-state index contributed by atoms with van der Waals surface area (Å²) < 4.78 is 5.13. The summed E-state index contributed by atoms with van der Waals surface area (Å²) in [5.74, 6) is 1.25. The van der Waals surface area contributed by atoms with Gasteiger partial charge in [-0.25, -0.2) is 9.78 Å². The van der Waals surface area contributed by atoms with Gasteiger partial charge in [-0.3, -0.25) is 10.1 Å². The van der Waals surface area contributed by atoms with Crippen molar-refractivity contribution >= 4 is 34.4 Å². The predicted octanol–water partition coefficient (Wildman–Crippen LogP) is 0.964. The Morgan fingerprint density at radius 1 is 1.21 bits per heavy atom. The number of benzene rings is 1. The highest BCUT2D eigenvalue weighted by molar-refractivity contribution is 5.92. The molecular formula is C18H23N7O4. The highest BCUT2D eigenvalue weighted by Crippen LogP contribution is 2.32. The van der Waals surface area contributed by atoms with Crippen LogP contribution in [0.3, 0.4) is 0 Å². The molecule has 4 rings (SSSR count). The number of nitro groups is 1. The van der Waals surface area contributed by atoms with Gasteiger partial charge in [-0.2, -0.15) is 4.98 Å². The number of nitro benzene ring substituents is 1. The van der Waals surface area contributed by atoms with Gasteiger partial charge in [0.1, 0.15) is 11.9 Å². The molecule has 0 bridgehead atoms. The minimum absolute atomic E-state index is 0.0113. The lowest BCUT2D eigenvalue weighted by atomic mass is 10.2. The van der Waals surface area contributed by atoms with Gasteiger partial charge < -0.3 is 25.2 Å². The third kappa shape index (κ3) is 3.99. The second-order valence-electron chi connectivity index (χ2n) is 7.39. The van der Waals surface area contributed by atoms with Crippen molar-refractivity contribution in [1.29, 1.82) is 0 Å². The van der Waals surface area contributed by atoms with E-state index in [-0.39, 0.29) is 11.8 Å². The fraction of sp³-hybridized carbons (Fsp3) is 0.500. The van der Waals surface area contributed by atoms with Crippen LogP contribution in [0.4, 0.5) is 22.2 Å². The molecule has 0 radical (unpaired) electrons. The third-order valence-electron chi connectivity index (χ3n) is 5.37. The largest absolute Gasteiger partial charge is 0.444 e. The maximum atomic E-state index is 11.2. The van der Waals surface area contributed by atoms with Crippen molar-refractivity contribution in [1.82, 2.24) is 14.9 Å². The summed E-state index contributed by atoms with van der Waals surface area (Å²) in [5, 5.41) is 12.0. The molecule has 154 valence electrons. The Labute approximate surface area is 167 Å². The van der Waals surface area contributed by atoms with Crippen LogP contribution < -0.4 is 15.5 Å². The fourth-order valence-electron chi connectivity index (χ4n) is 3.77. The maximum Gasteiger partial charge on any atom is 0.404 e. The number of carbonyl (C=O) groups excluding carboxylic acids is 1. The van der Waals surface area contributed by atoms with E-state index in [4.69, 9.17) is 15.5 Å².